The molecule has 0 saturated carbocycles. The van der Waals surface area contributed by atoms with E-state index in [0.29, 0.717) is 42.3 Å². The van der Waals surface area contributed by atoms with Crippen LogP contribution in [0.1, 0.15) is 50.3 Å². The summed E-state index contributed by atoms with van der Waals surface area (Å²) in [5.74, 6) is 0.806. The number of nitrogens with zero attached hydrogens (tertiary/aromatic N) is 1. The van der Waals surface area contributed by atoms with E-state index in [1.54, 1.807) is 6.20 Å². The molecule has 1 saturated heterocycles. The van der Waals surface area contributed by atoms with Gasteiger partial charge in [0, 0.05) is 35.4 Å². The third-order valence-electron chi connectivity index (χ3n) is 6.69. The highest BCUT2D eigenvalue weighted by Gasteiger charge is 2.22. The zero-order valence-electron chi connectivity index (χ0n) is 22.4. The molecule has 1 aromatic heterocycles. The number of ether oxygens (including phenoxy) is 2. The fourth-order valence-corrected chi connectivity index (χ4v) is 4.93. The van der Waals surface area contributed by atoms with Gasteiger partial charge in [-0.2, -0.15) is 0 Å². The van der Waals surface area contributed by atoms with Crippen LogP contribution in [0.2, 0.25) is 0 Å². The van der Waals surface area contributed by atoms with Gasteiger partial charge in [-0.3, -0.25) is 14.6 Å². The normalized spacial score (nSPS) is 14.9. The van der Waals surface area contributed by atoms with Crippen molar-refractivity contribution in [1.29, 1.82) is 0 Å². The molecule has 0 radical (unpaired) electrons. The number of carbonyl (C=O) groups excluding carboxylic acids is 2. The molecular formula is C29H37N5O4. The first-order valence-corrected chi connectivity index (χ1v) is 13.3. The molecule has 5 N–H and O–H groups in total. The third kappa shape index (κ3) is 6.16. The molecule has 3 aromatic rings. The van der Waals surface area contributed by atoms with Crippen LogP contribution >= 0.6 is 0 Å². The van der Waals surface area contributed by atoms with Crippen LogP contribution in [0.5, 0.6) is 11.5 Å². The maximum Gasteiger partial charge on any atom is 0.237 e. The Morgan fingerprint density at radius 3 is 2.53 bits per heavy atom. The van der Waals surface area contributed by atoms with E-state index in [4.69, 9.17) is 15.2 Å². The molecule has 1 aliphatic heterocycles. The quantitative estimate of drug-likeness (QED) is 0.287. The minimum atomic E-state index is -0.446. The molecule has 38 heavy (non-hydrogen) atoms. The minimum absolute atomic E-state index is 0.0281. The van der Waals surface area contributed by atoms with Crippen molar-refractivity contribution in [3.05, 3.63) is 53.2 Å². The molecule has 1 fully saturated rings. The summed E-state index contributed by atoms with van der Waals surface area (Å²) in [4.78, 5) is 29.1. The molecule has 9 heteroatoms. The van der Waals surface area contributed by atoms with Crippen LogP contribution in [-0.2, 0) is 29.0 Å². The average molecular weight is 520 g/mol. The van der Waals surface area contributed by atoms with Gasteiger partial charge in [-0.25, -0.2) is 0 Å². The van der Waals surface area contributed by atoms with E-state index in [-0.39, 0.29) is 18.4 Å². The molecular weight excluding hydrogens is 482 g/mol. The van der Waals surface area contributed by atoms with Crippen molar-refractivity contribution in [2.75, 3.05) is 25.1 Å². The van der Waals surface area contributed by atoms with Gasteiger partial charge in [-0.05, 0) is 62.9 Å². The summed E-state index contributed by atoms with van der Waals surface area (Å²) in [6.07, 6.45) is 4.34. The van der Waals surface area contributed by atoms with E-state index in [0.717, 1.165) is 53.7 Å². The highest BCUT2D eigenvalue weighted by molar-refractivity contribution is 5.98. The van der Waals surface area contributed by atoms with Crippen molar-refractivity contribution in [3.63, 3.8) is 0 Å². The van der Waals surface area contributed by atoms with E-state index in [1.165, 1.54) is 0 Å². The Hall–Kier alpha value is -3.85. The molecule has 1 aliphatic rings. The van der Waals surface area contributed by atoms with Gasteiger partial charge < -0.3 is 31.2 Å². The molecule has 4 rings (SSSR count). The van der Waals surface area contributed by atoms with Crippen LogP contribution in [0, 0.1) is 0 Å². The van der Waals surface area contributed by atoms with Crippen LogP contribution < -0.4 is 31.2 Å². The lowest BCUT2D eigenvalue weighted by Crippen LogP contribution is -2.40. The summed E-state index contributed by atoms with van der Waals surface area (Å²) >= 11 is 0. The van der Waals surface area contributed by atoms with Crippen molar-refractivity contribution < 1.29 is 19.1 Å². The molecule has 2 amide bonds. The number of carbonyl (C=O) groups is 2. The van der Waals surface area contributed by atoms with Gasteiger partial charge in [-0.1, -0.05) is 19.1 Å². The number of nitrogens with one attached hydrogen (secondary N) is 3. The van der Waals surface area contributed by atoms with Gasteiger partial charge in [0.2, 0.25) is 11.8 Å². The average Bonchev–Trinajstić information content (AvgIpc) is 3.44. The van der Waals surface area contributed by atoms with Crippen molar-refractivity contribution in [2.24, 2.45) is 5.73 Å². The first kappa shape index (κ1) is 27.2. The van der Waals surface area contributed by atoms with Gasteiger partial charge in [-0.15, -0.1) is 0 Å². The SMILES string of the molecule is CCOc1cc2ncc(CC(N)=O)c(Nc3cccc(CNC(=O)[C@@H]4CCCN4)c3CC)c2cc1OCC. The molecule has 2 heterocycles. The van der Waals surface area contributed by atoms with Crippen molar-refractivity contribution in [3.8, 4) is 11.5 Å². The second-order valence-corrected chi connectivity index (χ2v) is 9.27. The Bertz CT molecular complexity index is 1300. The largest absolute Gasteiger partial charge is 0.490 e. The highest BCUT2D eigenvalue weighted by atomic mass is 16.5. The Morgan fingerprint density at radius 1 is 1.11 bits per heavy atom. The highest BCUT2D eigenvalue weighted by Crippen LogP contribution is 2.38. The smallest absolute Gasteiger partial charge is 0.237 e. The predicted octanol–water partition coefficient (Wildman–Crippen LogP) is 3.73. The first-order chi connectivity index (χ1) is 18.4. The number of rotatable bonds is 12. The summed E-state index contributed by atoms with van der Waals surface area (Å²) < 4.78 is 11.7. The van der Waals surface area contributed by atoms with Gasteiger partial charge in [0.05, 0.1) is 36.9 Å². The van der Waals surface area contributed by atoms with Crippen molar-refractivity contribution >= 4 is 34.1 Å². The van der Waals surface area contributed by atoms with E-state index in [2.05, 4.69) is 27.9 Å². The zero-order valence-corrected chi connectivity index (χ0v) is 22.4. The first-order valence-electron chi connectivity index (χ1n) is 13.3. The van der Waals surface area contributed by atoms with Crippen LogP contribution in [0.4, 0.5) is 11.4 Å². The number of hydrogen-bond acceptors (Lipinski definition) is 7. The molecule has 202 valence electrons. The van der Waals surface area contributed by atoms with Crippen molar-refractivity contribution in [2.45, 2.75) is 59.0 Å². The number of anilines is 2. The Balaban J connectivity index is 1.73. The van der Waals surface area contributed by atoms with Crippen LogP contribution in [0.25, 0.3) is 10.9 Å². The number of aromatic nitrogens is 1. The summed E-state index contributed by atoms with van der Waals surface area (Å²) in [6.45, 7) is 8.21. The van der Waals surface area contributed by atoms with E-state index < -0.39 is 5.91 Å². The van der Waals surface area contributed by atoms with Crippen LogP contribution in [-0.4, -0.2) is 42.6 Å². The van der Waals surface area contributed by atoms with Gasteiger partial charge in [0.25, 0.3) is 0 Å². The zero-order chi connectivity index (χ0) is 27.1. The van der Waals surface area contributed by atoms with Crippen molar-refractivity contribution in [1.82, 2.24) is 15.6 Å². The summed E-state index contributed by atoms with van der Waals surface area (Å²) in [5, 5.41) is 10.7. The number of amides is 2. The number of benzene rings is 2. The topological polar surface area (TPSA) is 128 Å². The van der Waals surface area contributed by atoms with Gasteiger partial charge >= 0.3 is 0 Å². The second-order valence-electron chi connectivity index (χ2n) is 9.27. The maximum absolute atomic E-state index is 12.6. The Labute approximate surface area is 223 Å². The Kier molecular flexibility index (Phi) is 9.02. The molecule has 1 atom stereocenters. The van der Waals surface area contributed by atoms with Gasteiger partial charge in [0.15, 0.2) is 11.5 Å². The number of primary amides is 1. The summed E-state index contributed by atoms with van der Waals surface area (Å²) in [5.41, 5.74) is 10.7. The number of fused-ring (bicyclic) bond motifs is 1. The molecule has 0 spiro atoms. The third-order valence-corrected chi connectivity index (χ3v) is 6.69. The van der Waals surface area contributed by atoms with Gasteiger partial charge in [0.1, 0.15) is 0 Å². The number of pyridine rings is 1. The molecule has 0 bridgehead atoms. The molecule has 0 unspecified atom stereocenters. The summed E-state index contributed by atoms with van der Waals surface area (Å²) in [7, 11) is 0. The molecule has 0 aliphatic carbocycles. The fourth-order valence-electron chi connectivity index (χ4n) is 4.93. The van der Waals surface area contributed by atoms with E-state index in [1.807, 2.05) is 44.2 Å². The molecule has 2 aromatic carbocycles. The number of hydrogen-bond donors (Lipinski definition) is 4. The maximum atomic E-state index is 12.6. The van der Waals surface area contributed by atoms with E-state index >= 15 is 0 Å². The van der Waals surface area contributed by atoms with Crippen LogP contribution in [0.15, 0.2) is 36.5 Å². The fraction of sp³-hybridized carbons (Fsp3) is 0.414. The Morgan fingerprint density at radius 2 is 1.87 bits per heavy atom. The lowest BCUT2D eigenvalue weighted by Gasteiger charge is -2.20. The molecule has 9 nitrogen and oxygen atoms in total. The lowest BCUT2D eigenvalue weighted by atomic mass is 10.0. The number of nitrogens with two attached hydrogens (primary N) is 1. The standard InChI is InChI=1S/C29H37N5O4/c1-4-20-18(16-33-29(36)23-11-8-12-31-23)9-7-10-22(20)34-28-19(13-27(30)35)17-32-24-15-26(38-6-3)25(37-5-2)14-21(24)28/h7,9-10,14-15,17,23,31H,4-6,8,11-13,16H2,1-3H3,(H2,30,35)(H,32,34)(H,33,36)/t23-/m0/s1. The lowest BCUT2D eigenvalue weighted by molar-refractivity contribution is -0.123. The monoisotopic (exact) mass is 519 g/mol. The minimum Gasteiger partial charge on any atom is -0.490 e. The predicted molar refractivity (Wildman–Crippen MR) is 149 cm³/mol. The van der Waals surface area contributed by atoms with E-state index in [9.17, 15) is 9.59 Å². The second kappa shape index (κ2) is 12.6. The van der Waals surface area contributed by atoms with Crippen LogP contribution in [0.3, 0.4) is 0 Å². The summed E-state index contributed by atoms with van der Waals surface area (Å²) in [6, 6.07) is 9.62.